The average molecular weight is 252 g/mol. The Bertz CT molecular complexity index is 381. The van der Waals surface area contributed by atoms with Crippen LogP contribution in [-0.4, -0.2) is 22.7 Å². The molecule has 16 heavy (non-hydrogen) atoms. The maximum absolute atomic E-state index is 12.9. The number of hydrogen-bond acceptors (Lipinski definition) is 4. The molecular formula is C9H12ClF2N3O. The molecule has 0 aromatic carbocycles. The number of aromatic nitrogens is 2. The van der Waals surface area contributed by atoms with Gasteiger partial charge >= 0.3 is 0 Å². The van der Waals surface area contributed by atoms with Crippen LogP contribution in [0.5, 0.6) is 0 Å². The summed E-state index contributed by atoms with van der Waals surface area (Å²) >= 11 is 0. The van der Waals surface area contributed by atoms with Gasteiger partial charge < -0.3 is 4.42 Å². The third kappa shape index (κ3) is 2.17. The lowest BCUT2D eigenvalue weighted by Crippen LogP contribution is -2.19. The highest BCUT2D eigenvalue weighted by molar-refractivity contribution is 5.85. The van der Waals surface area contributed by atoms with Crippen molar-refractivity contribution in [1.82, 2.24) is 15.5 Å². The fourth-order valence-corrected chi connectivity index (χ4v) is 1.77. The topological polar surface area (TPSA) is 51.0 Å². The Morgan fingerprint density at radius 2 is 1.94 bits per heavy atom. The van der Waals surface area contributed by atoms with Crippen LogP contribution in [0, 0.1) is 0 Å². The summed E-state index contributed by atoms with van der Waals surface area (Å²) in [5.74, 6) is -1.39. The van der Waals surface area contributed by atoms with Crippen molar-refractivity contribution in [3.63, 3.8) is 0 Å². The smallest absolute Gasteiger partial charge is 0.262 e. The third-order valence-corrected chi connectivity index (χ3v) is 2.79. The number of nitrogens with zero attached hydrogens (tertiary/aromatic N) is 2. The largest absolute Gasteiger partial charge is 0.423 e. The SMILES string of the molecule is Cl.FC1(F)CNC(c2nnc(C3CC3)o2)C1. The summed E-state index contributed by atoms with van der Waals surface area (Å²) in [6.07, 6.45) is 1.88. The average Bonchev–Trinajstić information content (AvgIpc) is 2.79. The number of alkyl halides is 2. The minimum Gasteiger partial charge on any atom is -0.423 e. The minimum atomic E-state index is -2.65. The molecule has 3 rings (SSSR count). The molecule has 2 aliphatic rings. The molecule has 0 bridgehead atoms. The predicted molar refractivity (Wildman–Crippen MR) is 53.8 cm³/mol. The van der Waals surface area contributed by atoms with Crippen molar-refractivity contribution in [1.29, 1.82) is 0 Å². The molecule has 0 amide bonds. The van der Waals surface area contributed by atoms with E-state index in [4.69, 9.17) is 4.42 Å². The first-order valence-corrected chi connectivity index (χ1v) is 5.08. The Kier molecular flexibility index (Phi) is 2.88. The van der Waals surface area contributed by atoms with E-state index in [-0.39, 0.29) is 25.4 Å². The summed E-state index contributed by atoms with van der Waals surface area (Å²) in [5.41, 5.74) is 0. The third-order valence-electron chi connectivity index (χ3n) is 2.79. The van der Waals surface area contributed by atoms with E-state index in [9.17, 15) is 8.78 Å². The normalized spacial score (nSPS) is 27.8. The Balaban J connectivity index is 0.000000963. The maximum Gasteiger partial charge on any atom is 0.262 e. The van der Waals surface area contributed by atoms with E-state index in [0.717, 1.165) is 12.8 Å². The van der Waals surface area contributed by atoms with Gasteiger partial charge in [-0.3, -0.25) is 5.32 Å². The van der Waals surface area contributed by atoms with Gasteiger partial charge in [0, 0.05) is 12.3 Å². The minimum absolute atomic E-state index is 0. The highest BCUT2D eigenvalue weighted by Gasteiger charge is 2.42. The van der Waals surface area contributed by atoms with E-state index in [1.165, 1.54) is 0 Å². The van der Waals surface area contributed by atoms with Crippen molar-refractivity contribution in [3.05, 3.63) is 11.8 Å². The molecule has 1 saturated carbocycles. The number of nitrogens with one attached hydrogen (secondary N) is 1. The first-order valence-electron chi connectivity index (χ1n) is 5.08. The molecule has 1 atom stereocenters. The van der Waals surface area contributed by atoms with Gasteiger partial charge in [-0.15, -0.1) is 22.6 Å². The lowest BCUT2D eigenvalue weighted by molar-refractivity contribution is 0.0202. The highest BCUT2D eigenvalue weighted by Crippen LogP contribution is 2.40. The Hall–Kier alpha value is -0.750. The summed E-state index contributed by atoms with van der Waals surface area (Å²) in [5, 5.41) is 10.4. The molecule has 4 nitrogen and oxygen atoms in total. The van der Waals surface area contributed by atoms with Crippen molar-refractivity contribution in [2.75, 3.05) is 6.54 Å². The second-order valence-corrected chi connectivity index (χ2v) is 4.25. The Morgan fingerprint density at radius 1 is 1.25 bits per heavy atom. The van der Waals surface area contributed by atoms with E-state index >= 15 is 0 Å². The molecule has 1 aliphatic heterocycles. The summed E-state index contributed by atoms with van der Waals surface area (Å²) in [6.45, 7) is -0.307. The van der Waals surface area contributed by atoms with Gasteiger partial charge in [-0.1, -0.05) is 0 Å². The molecule has 1 aromatic rings. The second-order valence-electron chi connectivity index (χ2n) is 4.25. The molecule has 1 N–H and O–H groups in total. The van der Waals surface area contributed by atoms with Crippen LogP contribution in [0.15, 0.2) is 4.42 Å². The quantitative estimate of drug-likeness (QED) is 0.874. The molecular weight excluding hydrogens is 240 g/mol. The fourth-order valence-electron chi connectivity index (χ4n) is 1.77. The van der Waals surface area contributed by atoms with Crippen molar-refractivity contribution in [2.45, 2.75) is 37.1 Å². The van der Waals surface area contributed by atoms with Gasteiger partial charge in [-0.2, -0.15) is 0 Å². The molecule has 2 heterocycles. The van der Waals surface area contributed by atoms with Gasteiger partial charge in [-0.05, 0) is 12.8 Å². The van der Waals surface area contributed by atoms with Crippen LogP contribution in [0.1, 0.15) is 43.0 Å². The van der Waals surface area contributed by atoms with Crippen LogP contribution < -0.4 is 5.32 Å². The Morgan fingerprint density at radius 3 is 2.50 bits per heavy atom. The zero-order valence-electron chi connectivity index (χ0n) is 8.45. The summed E-state index contributed by atoms with van der Waals surface area (Å²) in [6, 6.07) is -0.486. The first-order chi connectivity index (χ1) is 7.14. The highest BCUT2D eigenvalue weighted by atomic mass is 35.5. The van der Waals surface area contributed by atoms with Crippen LogP contribution >= 0.6 is 12.4 Å². The van der Waals surface area contributed by atoms with Gasteiger partial charge in [0.15, 0.2) is 0 Å². The van der Waals surface area contributed by atoms with E-state index in [2.05, 4.69) is 15.5 Å². The van der Waals surface area contributed by atoms with Crippen molar-refractivity contribution in [3.8, 4) is 0 Å². The van der Waals surface area contributed by atoms with Crippen LogP contribution in [-0.2, 0) is 0 Å². The summed E-state index contributed by atoms with van der Waals surface area (Å²) in [7, 11) is 0. The molecule has 0 radical (unpaired) electrons. The number of hydrogen-bond donors (Lipinski definition) is 1. The standard InChI is InChI=1S/C9H11F2N3O.ClH/c10-9(11)3-6(12-4-9)8-14-13-7(15-8)5-1-2-5;/h5-6,12H,1-4H2;1H. The van der Waals surface area contributed by atoms with Crippen molar-refractivity contribution < 1.29 is 13.2 Å². The molecule has 7 heteroatoms. The zero-order chi connectivity index (χ0) is 10.5. The Labute approximate surface area is 97.2 Å². The molecule has 1 saturated heterocycles. The van der Waals surface area contributed by atoms with Crippen LogP contribution in [0.25, 0.3) is 0 Å². The number of halogens is 3. The predicted octanol–water partition coefficient (Wildman–Crippen LogP) is 2.04. The van der Waals surface area contributed by atoms with Crippen LogP contribution in [0.2, 0.25) is 0 Å². The van der Waals surface area contributed by atoms with Gasteiger partial charge in [0.2, 0.25) is 11.8 Å². The monoisotopic (exact) mass is 251 g/mol. The summed E-state index contributed by atoms with van der Waals surface area (Å²) < 4.78 is 31.2. The van der Waals surface area contributed by atoms with Gasteiger partial charge in [-0.25, -0.2) is 8.78 Å². The fraction of sp³-hybridized carbons (Fsp3) is 0.778. The molecule has 1 aromatic heterocycles. The van der Waals surface area contributed by atoms with Gasteiger partial charge in [0.25, 0.3) is 5.92 Å². The van der Waals surface area contributed by atoms with E-state index in [1.54, 1.807) is 0 Å². The van der Waals surface area contributed by atoms with Gasteiger partial charge in [0.1, 0.15) is 0 Å². The molecule has 0 spiro atoms. The zero-order valence-corrected chi connectivity index (χ0v) is 9.27. The molecule has 90 valence electrons. The molecule has 1 aliphatic carbocycles. The van der Waals surface area contributed by atoms with Crippen LogP contribution in [0.3, 0.4) is 0 Å². The van der Waals surface area contributed by atoms with E-state index < -0.39 is 12.0 Å². The van der Waals surface area contributed by atoms with E-state index in [1.807, 2.05) is 0 Å². The summed E-state index contributed by atoms with van der Waals surface area (Å²) in [4.78, 5) is 0. The number of rotatable bonds is 2. The van der Waals surface area contributed by atoms with Crippen molar-refractivity contribution >= 4 is 12.4 Å². The van der Waals surface area contributed by atoms with Crippen molar-refractivity contribution in [2.24, 2.45) is 0 Å². The molecule has 1 unspecified atom stereocenters. The van der Waals surface area contributed by atoms with Crippen LogP contribution in [0.4, 0.5) is 8.78 Å². The van der Waals surface area contributed by atoms with Gasteiger partial charge in [0.05, 0.1) is 12.6 Å². The van der Waals surface area contributed by atoms with E-state index in [0.29, 0.717) is 17.7 Å². The lowest BCUT2D eigenvalue weighted by Gasteiger charge is -2.04. The maximum atomic E-state index is 12.9. The molecule has 2 fully saturated rings. The lowest BCUT2D eigenvalue weighted by atomic mass is 10.2. The second kappa shape index (κ2) is 3.92. The first kappa shape index (κ1) is 11.7.